The van der Waals surface area contributed by atoms with Crippen molar-refractivity contribution in [2.75, 3.05) is 6.54 Å². The number of halogens is 3. The Morgan fingerprint density at radius 1 is 1.19 bits per heavy atom. The van der Waals surface area contributed by atoms with Gasteiger partial charge in [-0.2, -0.15) is 0 Å². The lowest BCUT2D eigenvalue weighted by Gasteiger charge is -2.25. The third kappa shape index (κ3) is 3.97. The molecule has 1 aliphatic carbocycles. The number of hydrogen-bond acceptors (Lipinski definition) is 3. The highest BCUT2D eigenvalue weighted by Crippen LogP contribution is 2.38. The maximum absolute atomic E-state index is 12.4. The van der Waals surface area contributed by atoms with Gasteiger partial charge in [-0.25, -0.2) is 0 Å². The van der Waals surface area contributed by atoms with Crippen molar-refractivity contribution in [2.24, 2.45) is 11.1 Å². The van der Waals surface area contributed by atoms with Crippen molar-refractivity contribution in [1.82, 2.24) is 0 Å². The van der Waals surface area contributed by atoms with E-state index in [1.54, 1.807) is 0 Å². The van der Waals surface area contributed by atoms with Crippen molar-refractivity contribution in [3.63, 3.8) is 0 Å². The minimum Gasteiger partial charge on any atom is -0.406 e. The molecule has 0 atom stereocenters. The van der Waals surface area contributed by atoms with E-state index in [-0.39, 0.29) is 18.0 Å². The van der Waals surface area contributed by atoms with E-state index < -0.39 is 11.8 Å². The van der Waals surface area contributed by atoms with Crippen molar-refractivity contribution in [3.05, 3.63) is 29.8 Å². The van der Waals surface area contributed by atoms with Gasteiger partial charge in [0, 0.05) is 18.4 Å². The van der Waals surface area contributed by atoms with Crippen LogP contribution in [0.5, 0.6) is 5.75 Å². The summed E-state index contributed by atoms with van der Waals surface area (Å²) < 4.78 is 40.0. The third-order valence-corrected chi connectivity index (χ3v) is 4.06. The molecule has 1 saturated carbocycles. The summed E-state index contributed by atoms with van der Waals surface area (Å²) in [6.45, 7) is 0.334. The summed E-state index contributed by atoms with van der Waals surface area (Å²) in [5, 5.41) is 0. The number of rotatable bonds is 5. The molecule has 1 aromatic rings. The maximum Gasteiger partial charge on any atom is 0.573 e. The molecule has 6 heteroatoms. The predicted molar refractivity (Wildman–Crippen MR) is 71.8 cm³/mol. The van der Waals surface area contributed by atoms with Crippen LogP contribution in [0.25, 0.3) is 0 Å². The summed E-state index contributed by atoms with van der Waals surface area (Å²) in [5.41, 5.74) is 5.98. The first kappa shape index (κ1) is 15.8. The van der Waals surface area contributed by atoms with Gasteiger partial charge >= 0.3 is 6.36 Å². The normalized spacial score (nSPS) is 17.7. The van der Waals surface area contributed by atoms with Crippen LogP contribution in [-0.2, 0) is 11.2 Å². The standard InChI is InChI=1S/C15H18F3NO2/c16-15(17,18)21-12-5-3-11(4-6-12)9-13(20)14(10-19)7-1-2-8-14/h3-6H,1-2,7-10,19H2. The molecular formula is C15H18F3NO2. The second-order valence-corrected chi connectivity index (χ2v) is 5.48. The van der Waals surface area contributed by atoms with Gasteiger partial charge in [0.1, 0.15) is 11.5 Å². The van der Waals surface area contributed by atoms with Crippen LogP contribution in [0.15, 0.2) is 24.3 Å². The SMILES string of the molecule is NCC1(C(=O)Cc2ccc(OC(F)(F)F)cc2)CCCC1. The zero-order chi connectivity index (χ0) is 15.5. The molecule has 0 bridgehead atoms. The molecule has 0 saturated heterocycles. The van der Waals surface area contributed by atoms with E-state index in [0.717, 1.165) is 25.7 Å². The molecule has 0 spiro atoms. The molecule has 3 nitrogen and oxygen atoms in total. The molecule has 2 N–H and O–H groups in total. The fourth-order valence-electron chi connectivity index (χ4n) is 2.83. The monoisotopic (exact) mass is 301 g/mol. The molecule has 0 amide bonds. The minimum atomic E-state index is -4.70. The van der Waals surface area contributed by atoms with E-state index in [0.29, 0.717) is 12.1 Å². The highest BCUT2D eigenvalue weighted by Gasteiger charge is 2.39. The quantitative estimate of drug-likeness (QED) is 0.908. The molecule has 0 radical (unpaired) electrons. The number of carbonyl (C=O) groups excluding carboxylic acids is 1. The van der Waals surface area contributed by atoms with Crippen LogP contribution in [0, 0.1) is 5.41 Å². The predicted octanol–water partition coefficient (Wildman–Crippen LogP) is 3.22. The molecule has 0 unspecified atom stereocenters. The molecule has 0 heterocycles. The lowest BCUT2D eigenvalue weighted by atomic mass is 9.79. The molecule has 1 aromatic carbocycles. The Hall–Kier alpha value is -1.56. The van der Waals surface area contributed by atoms with Crippen molar-refractivity contribution in [2.45, 2.75) is 38.5 Å². The van der Waals surface area contributed by atoms with Gasteiger partial charge in [0.15, 0.2) is 0 Å². The van der Waals surface area contributed by atoms with Gasteiger partial charge in [-0.15, -0.1) is 13.2 Å². The number of hydrogen-bond donors (Lipinski definition) is 1. The van der Waals surface area contributed by atoms with Gasteiger partial charge in [0.05, 0.1) is 0 Å². The lowest BCUT2D eigenvalue weighted by molar-refractivity contribution is -0.274. The molecular weight excluding hydrogens is 283 g/mol. The van der Waals surface area contributed by atoms with Crippen LogP contribution >= 0.6 is 0 Å². The summed E-state index contributed by atoms with van der Waals surface area (Å²) in [4.78, 5) is 12.4. The zero-order valence-electron chi connectivity index (χ0n) is 11.6. The van der Waals surface area contributed by atoms with E-state index in [4.69, 9.17) is 5.73 Å². The zero-order valence-corrected chi connectivity index (χ0v) is 11.6. The van der Waals surface area contributed by atoms with Crippen LogP contribution in [0.2, 0.25) is 0 Å². The average molecular weight is 301 g/mol. The van der Waals surface area contributed by atoms with Crippen molar-refractivity contribution >= 4 is 5.78 Å². The lowest BCUT2D eigenvalue weighted by Crippen LogP contribution is -2.37. The number of carbonyl (C=O) groups is 1. The van der Waals surface area contributed by atoms with Gasteiger partial charge in [0.2, 0.25) is 0 Å². The Labute approximate surface area is 121 Å². The van der Waals surface area contributed by atoms with Crippen molar-refractivity contribution in [1.29, 1.82) is 0 Å². The van der Waals surface area contributed by atoms with E-state index in [2.05, 4.69) is 4.74 Å². The van der Waals surface area contributed by atoms with Crippen LogP contribution in [0.3, 0.4) is 0 Å². The number of Topliss-reactive ketones (excluding diaryl/α,β-unsaturated/α-hetero) is 1. The van der Waals surface area contributed by atoms with E-state index in [1.807, 2.05) is 0 Å². The van der Waals surface area contributed by atoms with Crippen LogP contribution in [-0.4, -0.2) is 18.7 Å². The molecule has 21 heavy (non-hydrogen) atoms. The molecule has 0 aliphatic heterocycles. The summed E-state index contributed by atoms with van der Waals surface area (Å²) in [6.07, 6.45) is -0.897. The first-order valence-electron chi connectivity index (χ1n) is 6.93. The minimum absolute atomic E-state index is 0.0759. The molecule has 116 valence electrons. The van der Waals surface area contributed by atoms with Gasteiger partial charge in [-0.05, 0) is 30.5 Å². The molecule has 1 fully saturated rings. The first-order valence-corrected chi connectivity index (χ1v) is 6.93. The summed E-state index contributed by atoms with van der Waals surface area (Å²) >= 11 is 0. The Morgan fingerprint density at radius 2 is 1.76 bits per heavy atom. The topological polar surface area (TPSA) is 52.3 Å². The number of alkyl halides is 3. The molecule has 2 rings (SSSR count). The number of benzene rings is 1. The average Bonchev–Trinajstić information content (AvgIpc) is 2.89. The number of ketones is 1. The Balaban J connectivity index is 2.01. The number of nitrogens with two attached hydrogens (primary N) is 1. The summed E-state index contributed by atoms with van der Waals surface area (Å²) in [7, 11) is 0. The fourth-order valence-corrected chi connectivity index (χ4v) is 2.83. The van der Waals surface area contributed by atoms with Crippen molar-refractivity contribution in [3.8, 4) is 5.75 Å². The largest absolute Gasteiger partial charge is 0.573 e. The smallest absolute Gasteiger partial charge is 0.406 e. The van der Waals surface area contributed by atoms with Crippen LogP contribution in [0.4, 0.5) is 13.2 Å². The molecule has 1 aliphatic rings. The number of ether oxygens (including phenoxy) is 1. The Bertz CT molecular complexity index is 491. The van der Waals surface area contributed by atoms with E-state index >= 15 is 0 Å². The second-order valence-electron chi connectivity index (χ2n) is 5.48. The highest BCUT2D eigenvalue weighted by molar-refractivity contribution is 5.87. The van der Waals surface area contributed by atoms with E-state index in [1.165, 1.54) is 24.3 Å². The van der Waals surface area contributed by atoms with E-state index in [9.17, 15) is 18.0 Å². The highest BCUT2D eigenvalue weighted by atomic mass is 19.4. The van der Waals surface area contributed by atoms with Gasteiger partial charge in [0.25, 0.3) is 0 Å². The Morgan fingerprint density at radius 3 is 2.24 bits per heavy atom. The second kappa shape index (κ2) is 6.05. The third-order valence-electron chi connectivity index (χ3n) is 4.06. The summed E-state index contributed by atoms with van der Waals surface area (Å²) in [6, 6.07) is 5.41. The van der Waals surface area contributed by atoms with Gasteiger partial charge in [-0.1, -0.05) is 25.0 Å². The Kier molecular flexibility index (Phi) is 4.56. The van der Waals surface area contributed by atoms with Gasteiger partial charge in [-0.3, -0.25) is 4.79 Å². The fraction of sp³-hybridized carbons (Fsp3) is 0.533. The first-order chi connectivity index (χ1) is 9.85. The summed E-state index contributed by atoms with van der Waals surface area (Å²) in [5.74, 6) is -0.208. The maximum atomic E-state index is 12.4. The van der Waals surface area contributed by atoms with Crippen LogP contribution in [0.1, 0.15) is 31.2 Å². The van der Waals surface area contributed by atoms with Crippen molar-refractivity contribution < 1.29 is 22.7 Å². The van der Waals surface area contributed by atoms with Gasteiger partial charge < -0.3 is 10.5 Å². The molecule has 0 aromatic heterocycles. The van der Waals surface area contributed by atoms with Crippen LogP contribution < -0.4 is 10.5 Å².